The predicted octanol–water partition coefficient (Wildman–Crippen LogP) is 4.87. The topological polar surface area (TPSA) is 69.1 Å². The van der Waals surface area contributed by atoms with Crippen molar-refractivity contribution in [2.45, 2.75) is 32.4 Å². The van der Waals surface area contributed by atoms with Crippen LogP contribution in [0.4, 0.5) is 18.9 Å². The number of rotatable bonds is 11. The number of halogens is 4. The number of anilines is 1. The molecule has 10 heteroatoms. The maximum atomic E-state index is 12.4. The van der Waals surface area contributed by atoms with Crippen molar-refractivity contribution >= 4 is 40.1 Å². The van der Waals surface area contributed by atoms with E-state index in [2.05, 4.69) is 10.3 Å². The van der Waals surface area contributed by atoms with Gasteiger partial charge in [0.05, 0.1) is 17.6 Å². The molecule has 0 atom stereocenters. The molecule has 0 bridgehead atoms. The Morgan fingerprint density at radius 3 is 2.74 bits per heavy atom. The Balaban J connectivity index is 2.56. The highest BCUT2D eigenvalue weighted by molar-refractivity contribution is 7.99. The molecule has 150 valence electrons. The van der Waals surface area contributed by atoms with Gasteiger partial charge in [-0.1, -0.05) is 11.6 Å². The van der Waals surface area contributed by atoms with E-state index < -0.39 is 12.6 Å². The monoisotopic (exact) mass is 422 g/mol. The Kier molecular flexibility index (Phi) is 10.2. The summed E-state index contributed by atoms with van der Waals surface area (Å²) < 4.78 is 36.3. The molecule has 0 saturated heterocycles. The van der Waals surface area contributed by atoms with E-state index in [0.29, 0.717) is 23.7 Å². The van der Waals surface area contributed by atoms with E-state index in [1.165, 1.54) is 22.9 Å². The van der Waals surface area contributed by atoms with Crippen LogP contribution in [0.2, 0.25) is 0 Å². The molecule has 1 amide bonds. The molecule has 0 aliphatic rings. The summed E-state index contributed by atoms with van der Waals surface area (Å²) in [6, 6.07) is 3.51. The SMILES string of the molecule is CCN(C(=O)CCSCCCC(F)(F)F)/C(=C/Nc1cccnc1)C(=N)Cl. The summed E-state index contributed by atoms with van der Waals surface area (Å²) in [6.07, 6.45) is -0.104. The van der Waals surface area contributed by atoms with E-state index in [1.54, 1.807) is 31.5 Å². The summed E-state index contributed by atoms with van der Waals surface area (Å²) in [5.74, 6) is 0.507. The smallest absolute Gasteiger partial charge is 0.358 e. The largest absolute Gasteiger partial charge is 0.389 e. The zero-order valence-corrected chi connectivity index (χ0v) is 16.4. The molecule has 0 aliphatic carbocycles. The van der Waals surface area contributed by atoms with E-state index in [4.69, 9.17) is 17.0 Å². The van der Waals surface area contributed by atoms with Crippen molar-refractivity contribution in [2.75, 3.05) is 23.4 Å². The molecule has 0 unspecified atom stereocenters. The number of carbonyl (C=O) groups excluding carboxylic acids is 1. The molecule has 27 heavy (non-hydrogen) atoms. The molecule has 1 heterocycles. The molecular formula is C17H22ClF3N4OS. The lowest BCUT2D eigenvalue weighted by molar-refractivity contribution is -0.134. The maximum Gasteiger partial charge on any atom is 0.389 e. The zero-order chi connectivity index (χ0) is 20.3. The summed E-state index contributed by atoms with van der Waals surface area (Å²) in [5.41, 5.74) is 0.895. The molecule has 5 nitrogen and oxygen atoms in total. The minimum Gasteiger partial charge on any atom is -0.358 e. The molecule has 0 spiro atoms. The van der Waals surface area contributed by atoms with E-state index in [9.17, 15) is 18.0 Å². The van der Waals surface area contributed by atoms with Crippen molar-refractivity contribution in [1.29, 1.82) is 5.41 Å². The number of aromatic nitrogens is 1. The van der Waals surface area contributed by atoms with Gasteiger partial charge in [0, 0.05) is 37.5 Å². The number of carbonyl (C=O) groups is 1. The third-order valence-corrected chi connectivity index (χ3v) is 4.64. The normalized spacial score (nSPS) is 12.0. The average molecular weight is 423 g/mol. The quantitative estimate of drug-likeness (QED) is 0.394. The van der Waals surface area contributed by atoms with E-state index in [1.807, 2.05) is 0 Å². The fourth-order valence-corrected chi connectivity index (χ4v) is 3.14. The van der Waals surface area contributed by atoms with Gasteiger partial charge in [-0.25, -0.2) is 0 Å². The lowest BCUT2D eigenvalue weighted by Crippen LogP contribution is -2.33. The molecule has 0 saturated carbocycles. The first-order valence-corrected chi connectivity index (χ1v) is 9.84. The number of hydrogen-bond acceptors (Lipinski definition) is 5. The predicted molar refractivity (Wildman–Crippen MR) is 104 cm³/mol. The van der Waals surface area contributed by atoms with Gasteiger partial charge in [0.25, 0.3) is 0 Å². The van der Waals surface area contributed by atoms with Gasteiger partial charge >= 0.3 is 6.18 Å². The maximum absolute atomic E-state index is 12.4. The molecule has 1 aromatic heterocycles. The summed E-state index contributed by atoms with van der Waals surface area (Å²) in [7, 11) is 0. The van der Waals surface area contributed by atoms with Crippen LogP contribution in [-0.4, -0.2) is 45.2 Å². The number of pyridine rings is 1. The third kappa shape index (κ3) is 9.67. The van der Waals surface area contributed by atoms with Crippen molar-refractivity contribution in [3.05, 3.63) is 36.4 Å². The number of amides is 1. The summed E-state index contributed by atoms with van der Waals surface area (Å²) >= 11 is 7.13. The number of nitrogens with zero attached hydrogens (tertiary/aromatic N) is 2. The minimum absolute atomic E-state index is 0.0341. The van der Waals surface area contributed by atoms with Crippen molar-refractivity contribution in [3.63, 3.8) is 0 Å². The Bertz CT molecular complexity index is 641. The van der Waals surface area contributed by atoms with Crippen LogP contribution < -0.4 is 5.32 Å². The van der Waals surface area contributed by atoms with Crippen LogP contribution in [0.3, 0.4) is 0 Å². The summed E-state index contributed by atoms with van der Waals surface area (Å²) in [6.45, 7) is 2.07. The van der Waals surface area contributed by atoms with Crippen LogP contribution in [0.1, 0.15) is 26.2 Å². The van der Waals surface area contributed by atoms with E-state index in [-0.39, 0.29) is 29.6 Å². The third-order valence-electron chi connectivity index (χ3n) is 3.38. The zero-order valence-electron chi connectivity index (χ0n) is 14.9. The minimum atomic E-state index is -4.14. The van der Waals surface area contributed by atoms with Gasteiger partial charge in [-0.3, -0.25) is 15.2 Å². The first kappa shape index (κ1) is 23.3. The van der Waals surface area contributed by atoms with Gasteiger partial charge in [0.1, 0.15) is 5.17 Å². The average Bonchev–Trinajstić information content (AvgIpc) is 2.61. The number of nitrogens with one attached hydrogen (secondary N) is 2. The van der Waals surface area contributed by atoms with Gasteiger partial charge < -0.3 is 10.2 Å². The van der Waals surface area contributed by atoms with Crippen LogP contribution in [-0.2, 0) is 4.79 Å². The number of thioether (sulfide) groups is 1. The molecule has 1 aromatic rings. The summed E-state index contributed by atoms with van der Waals surface area (Å²) in [4.78, 5) is 17.7. The Hall–Kier alpha value is -1.74. The Morgan fingerprint density at radius 1 is 1.44 bits per heavy atom. The van der Waals surface area contributed by atoms with Gasteiger partial charge in [0.15, 0.2) is 0 Å². The van der Waals surface area contributed by atoms with Gasteiger partial charge in [-0.2, -0.15) is 24.9 Å². The highest BCUT2D eigenvalue weighted by Gasteiger charge is 2.26. The molecule has 0 fully saturated rings. The Morgan fingerprint density at radius 2 is 2.19 bits per heavy atom. The number of hydrogen-bond donors (Lipinski definition) is 2. The number of alkyl halides is 3. The van der Waals surface area contributed by atoms with Crippen LogP contribution in [0.15, 0.2) is 36.4 Å². The molecule has 0 aliphatic heterocycles. The van der Waals surface area contributed by atoms with Crippen LogP contribution in [0.25, 0.3) is 0 Å². The van der Waals surface area contributed by atoms with Crippen LogP contribution in [0.5, 0.6) is 0 Å². The van der Waals surface area contributed by atoms with Gasteiger partial charge in [-0.15, -0.1) is 0 Å². The van der Waals surface area contributed by atoms with Gasteiger partial charge in [-0.05, 0) is 31.2 Å². The Labute approximate surface area is 165 Å². The lowest BCUT2D eigenvalue weighted by Gasteiger charge is -2.23. The number of allylic oxidation sites excluding steroid dienone is 1. The molecule has 2 N–H and O–H groups in total. The molecule has 0 aromatic carbocycles. The first-order valence-electron chi connectivity index (χ1n) is 8.30. The van der Waals surface area contributed by atoms with Crippen molar-refractivity contribution in [3.8, 4) is 0 Å². The second-order valence-electron chi connectivity index (χ2n) is 5.45. The van der Waals surface area contributed by atoms with Crippen LogP contribution in [0, 0.1) is 5.41 Å². The molecule has 0 radical (unpaired) electrons. The van der Waals surface area contributed by atoms with Crippen molar-refractivity contribution in [1.82, 2.24) is 9.88 Å². The van der Waals surface area contributed by atoms with Crippen molar-refractivity contribution < 1.29 is 18.0 Å². The second-order valence-corrected chi connectivity index (χ2v) is 7.05. The fourth-order valence-electron chi connectivity index (χ4n) is 2.11. The van der Waals surface area contributed by atoms with E-state index in [0.717, 1.165) is 0 Å². The fraction of sp³-hybridized carbons (Fsp3) is 0.471. The highest BCUT2D eigenvalue weighted by Crippen LogP contribution is 2.23. The highest BCUT2D eigenvalue weighted by atomic mass is 35.5. The second kappa shape index (κ2) is 11.9. The first-order chi connectivity index (χ1) is 12.7. The van der Waals surface area contributed by atoms with Crippen molar-refractivity contribution in [2.24, 2.45) is 0 Å². The van der Waals surface area contributed by atoms with Crippen LogP contribution >= 0.6 is 23.4 Å². The lowest BCUT2D eigenvalue weighted by atomic mass is 10.3. The van der Waals surface area contributed by atoms with Gasteiger partial charge in [0.2, 0.25) is 5.91 Å². The molecule has 1 rings (SSSR count). The summed E-state index contributed by atoms with van der Waals surface area (Å²) in [5, 5.41) is 10.4. The van der Waals surface area contributed by atoms with E-state index >= 15 is 0 Å². The molecular weight excluding hydrogens is 401 g/mol. The standard InChI is InChI=1S/C17H22ClF3N4OS/c1-2-25(15(26)6-10-27-9-4-7-17(19,20)21)14(16(18)22)12-24-13-5-3-8-23-11-13/h3,5,8,11-12,22,24H,2,4,6-7,9-10H2,1H3/b14-12+,22-16?.